The molecule has 0 aliphatic carbocycles. The Balaban J connectivity index is 1.43. The van der Waals surface area contributed by atoms with Crippen molar-refractivity contribution in [2.75, 3.05) is 20.8 Å². The van der Waals surface area contributed by atoms with Gasteiger partial charge in [-0.3, -0.25) is 24.5 Å². The summed E-state index contributed by atoms with van der Waals surface area (Å²) in [6.45, 7) is 0.538. The van der Waals surface area contributed by atoms with E-state index in [4.69, 9.17) is 9.47 Å². The largest absolute Gasteiger partial charge is 0.493 e. The van der Waals surface area contributed by atoms with Crippen molar-refractivity contribution in [3.8, 4) is 22.6 Å². The van der Waals surface area contributed by atoms with Gasteiger partial charge in [0.05, 0.1) is 37.9 Å². The number of amides is 2. The fraction of sp³-hybridized carbons (Fsp3) is 0.214. The number of methoxy groups -OCH3 is 2. The van der Waals surface area contributed by atoms with E-state index in [-0.39, 0.29) is 17.9 Å². The van der Waals surface area contributed by atoms with Crippen LogP contribution < -0.4 is 20.1 Å². The maximum atomic E-state index is 13.3. The maximum absolute atomic E-state index is 13.3. The first kappa shape index (κ1) is 24.1. The lowest BCUT2D eigenvalue weighted by Gasteiger charge is -2.36. The van der Waals surface area contributed by atoms with E-state index in [9.17, 15) is 9.59 Å². The van der Waals surface area contributed by atoms with E-state index in [1.807, 2.05) is 42.5 Å². The Hall–Kier alpha value is -4.66. The zero-order chi connectivity index (χ0) is 25.8. The Morgan fingerprint density at radius 2 is 1.84 bits per heavy atom. The third kappa shape index (κ3) is 5.02. The fourth-order valence-corrected chi connectivity index (χ4v) is 4.48. The van der Waals surface area contributed by atoms with Crippen molar-refractivity contribution in [2.45, 2.75) is 18.9 Å². The van der Waals surface area contributed by atoms with Crippen molar-refractivity contribution >= 4 is 11.8 Å². The van der Waals surface area contributed by atoms with Crippen molar-refractivity contribution in [1.82, 2.24) is 25.5 Å². The molecule has 2 aliphatic rings. The molecule has 0 saturated carbocycles. The number of pyridine rings is 2. The lowest BCUT2D eigenvalue weighted by Crippen LogP contribution is -2.47. The highest BCUT2D eigenvalue weighted by Crippen LogP contribution is 2.32. The smallest absolute Gasteiger partial charge is 0.257 e. The van der Waals surface area contributed by atoms with Gasteiger partial charge in [-0.25, -0.2) is 0 Å². The second-order valence-electron chi connectivity index (χ2n) is 8.67. The predicted molar refractivity (Wildman–Crippen MR) is 137 cm³/mol. The predicted octanol–water partition coefficient (Wildman–Crippen LogP) is 3.58. The molecule has 0 spiro atoms. The molecule has 3 aromatic rings. The summed E-state index contributed by atoms with van der Waals surface area (Å²) >= 11 is 0. The number of ether oxygens (including phenoxy) is 2. The first-order valence-corrected chi connectivity index (χ1v) is 11.9. The standard InChI is InChI=1S/C28H27N5O4/c1-36-24-7-6-19(14-25(24)37-2)20-13-21(17-30-16-20)28(35)32-22-5-3-4-12-33-26(34)15-23(31-27(22)33)18-8-10-29-11-9-18/h3,5-11,13-14,16-17,23,31H,4,12,15H2,1-2H3,(H,32,35). The van der Waals surface area contributed by atoms with Crippen LogP contribution in [-0.2, 0) is 4.79 Å². The number of hydrogen-bond acceptors (Lipinski definition) is 7. The quantitative estimate of drug-likeness (QED) is 0.536. The van der Waals surface area contributed by atoms with Crippen LogP contribution in [0.3, 0.4) is 0 Å². The van der Waals surface area contributed by atoms with E-state index < -0.39 is 0 Å². The summed E-state index contributed by atoms with van der Waals surface area (Å²) in [7, 11) is 3.16. The van der Waals surface area contributed by atoms with E-state index in [0.29, 0.717) is 48.0 Å². The van der Waals surface area contributed by atoms with Crippen LogP contribution in [0.1, 0.15) is 34.8 Å². The molecule has 9 nitrogen and oxygen atoms in total. The fourth-order valence-electron chi connectivity index (χ4n) is 4.48. The molecule has 4 heterocycles. The Labute approximate surface area is 214 Å². The van der Waals surface area contributed by atoms with E-state index in [1.54, 1.807) is 43.8 Å². The molecule has 2 amide bonds. The van der Waals surface area contributed by atoms with E-state index >= 15 is 0 Å². The molecule has 1 unspecified atom stereocenters. The number of allylic oxidation sites excluding steroid dienone is 1. The summed E-state index contributed by atoms with van der Waals surface area (Å²) < 4.78 is 10.7. The van der Waals surface area contributed by atoms with E-state index in [0.717, 1.165) is 16.7 Å². The maximum Gasteiger partial charge on any atom is 0.257 e. The molecule has 2 aliphatic heterocycles. The van der Waals surface area contributed by atoms with Crippen LogP contribution in [0.5, 0.6) is 11.5 Å². The highest BCUT2D eigenvalue weighted by molar-refractivity contribution is 5.96. The molecule has 0 bridgehead atoms. The Bertz CT molecular complexity index is 1390. The SMILES string of the molecule is COc1ccc(-c2cncc(C(=O)NC3=C4NC(c5ccncc5)CC(=O)N4CCC=C3)c2)cc1OC. The van der Waals surface area contributed by atoms with Crippen LogP contribution in [0.4, 0.5) is 0 Å². The molecule has 37 heavy (non-hydrogen) atoms. The molecule has 2 aromatic heterocycles. The van der Waals surface area contributed by atoms with Gasteiger partial charge in [0.1, 0.15) is 5.82 Å². The molecule has 5 rings (SSSR count). The topological polar surface area (TPSA) is 106 Å². The lowest BCUT2D eigenvalue weighted by molar-refractivity contribution is -0.132. The Kier molecular flexibility index (Phi) is 6.85. The lowest BCUT2D eigenvalue weighted by atomic mass is 10.0. The molecule has 1 saturated heterocycles. The number of carbonyl (C=O) groups is 2. The zero-order valence-corrected chi connectivity index (χ0v) is 20.6. The van der Waals surface area contributed by atoms with Gasteiger partial charge in [-0.15, -0.1) is 0 Å². The number of hydrogen-bond donors (Lipinski definition) is 2. The summed E-state index contributed by atoms with van der Waals surface area (Å²) in [5.41, 5.74) is 3.47. The summed E-state index contributed by atoms with van der Waals surface area (Å²) in [4.78, 5) is 36.4. The van der Waals surface area contributed by atoms with Crippen molar-refractivity contribution in [1.29, 1.82) is 0 Å². The number of rotatable bonds is 6. The first-order chi connectivity index (χ1) is 18.1. The van der Waals surface area contributed by atoms with Gasteiger partial charge in [0.2, 0.25) is 5.91 Å². The summed E-state index contributed by atoms with van der Waals surface area (Å²) in [5.74, 6) is 1.46. The van der Waals surface area contributed by atoms with Crippen LogP contribution in [0, 0.1) is 0 Å². The van der Waals surface area contributed by atoms with Gasteiger partial charge < -0.3 is 20.1 Å². The number of benzene rings is 1. The van der Waals surface area contributed by atoms with Gasteiger partial charge in [0, 0.05) is 36.9 Å². The second kappa shape index (κ2) is 10.5. The van der Waals surface area contributed by atoms with Crippen molar-refractivity contribution in [3.05, 3.63) is 96.0 Å². The van der Waals surface area contributed by atoms with Gasteiger partial charge in [0.15, 0.2) is 11.5 Å². The summed E-state index contributed by atoms with van der Waals surface area (Å²) in [6.07, 6.45) is 11.4. The minimum Gasteiger partial charge on any atom is -0.493 e. The summed E-state index contributed by atoms with van der Waals surface area (Å²) in [6, 6.07) is 10.9. The van der Waals surface area contributed by atoms with Crippen LogP contribution in [0.2, 0.25) is 0 Å². The van der Waals surface area contributed by atoms with E-state index in [2.05, 4.69) is 20.6 Å². The number of aromatic nitrogens is 2. The first-order valence-electron chi connectivity index (χ1n) is 11.9. The minimum absolute atomic E-state index is 0.00290. The number of nitrogens with zero attached hydrogens (tertiary/aromatic N) is 3. The molecular weight excluding hydrogens is 470 g/mol. The Morgan fingerprint density at radius 3 is 2.62 bits per heavy atom. The van der Waals surface area contributed by atoms with Crippen molar-refractivity contribution in [3.63, 3.8) is 0 Å². The highest BCUT2D eigenvalue weighted by Gasteiger charge is 2.32. The van der Waals surface area contributed by atoms with Gasteiger partial charge in [-0.05, 0) is 54.0 Å². The average molecular weight is 498 g/mol. The van der Waals surface area contributed by atoms with Crippen molar-refractivity contribution < 1.29 is 19.1 Å². The monoisotopic (exact) mass is 497 g/mol. The molecule has 1 atom stereocenters. The van der Waals surface area contributed by atoms with Gasteiger partial charge in [-0.1, -0.05) is 12.1 Å². The third-order valence-electron chi connectivity index (χ3n) is 6.39. The Morgan fingerprint density at radius 1 is 1.03 bits per heavy atom. The van der Waals surface area contributed by atoms with Crippen LogP contribution >= 0.6 is 0 Å². The average Bonchev–Trinajstić information content (AvgIpc) is 3.15. The van der Waals surface area contributed by atoms with Gasteiger partial charge in [-0.2, -0.15) is 0 Å². The molecule has 2 N–H and O–H groups in total. The van der Waals surface area contributed by atoms with Crippen LogP contribution in [0.15, 0.2) is 84.9 Å². The van der Waals surface area contributed by atoms with Crippen LogP contribution in [-0.4, -0.2) is 47.4 Å². The number of carbonyl (C=O) groups excluding carboxylic acids is 2. The minimum atomic E-state index is -0.330. The number of fused-ring (bicyclic) bond motifs is 1. The zero-order valence-electron chi connectivity index (χ0n) is 20.6. The van der Waals surface area contributed by atoms with E-state index in [1.165, 1.54) is 6.20 Å². The molecule has 1 aromatic carbocycles. The van der Waals surface area contributed by atoms with Gasteiger partial charge in [0.25, 0.3) is 5.91 Å². The highest BCUT2D eigenvalue weighted by atomic mass is 16.5. The number of nitrogens with one attached hydrogen (secondary N) is 2. The normalized spacial score (nSPS) is 17.0. The molecule has 1 fully saturated rings. The molecule has 9 heteroatoms. The van der Waals surface area contributed by atoms with Gasteiger partial charge >= 0.3 is 0 Å². The second-order valence-corrected chi connectivity index (χ2v) is 8.67. The molecule has 188 valence electrons. The third-order valence-corrected chi connectivity index (χ3v) is 6.39. The van der Waals surface area contributed by atoms with Crippen LogP contribution in [0.25, 0.3) is 11.1 Å². The molecule has 0 radical (unpaired) electrons. The summed E-state index contributed by atoms with van der Waals surface area (Å²) in [5, 5.41) is 6.45. The van der Waals surface area contributed by atoms with Crippen molar-refractivity contribution in [2.24, 2.45) is 0 Å². The molecular formula is C28H27N5O4.